The summed E-state index contributed by atoms with van der Waals surface area (Å²) in [5, 5.41) is 0. The summed E-state index contributed by atoms with van der Waals surface area (Å²) in [6, 6.07) is 9.25. The van der Waals surface area contributed by atoms with Gasteiger partial charge in [-0.3, -0.25) is 9.35 Å². The molecule has 0 spiro atoms. The lowest BCUT2D eigenvalue weighted by Crippen LogP contribution is -3.12. The molecule has 1 aromatic carbocycles. The van der Waals surface area contributed by atoms with E-state index in [4.69, 9.17) is 9.29 Å². The minimum Gasteiger partial charge on any atom is -0.748 e. The number of esters is 1. The number of carbonyl (C=O) groups is 1. The molecular weight excluding hydrogens is 410 g/mol. The van der Waals surface area contributed by atoms with E-state index in [1.165, 1.54) is 0 Å². The molecule has 0 bridgehead atoms. The van der Waals surface area contributed by atoms with E-state index in [0.717, 1.165) is 10.5 Å². The van der Waals surface area contributed by atoms with Crippen LogP contribution < -0.4 is 4.90 Å². The summed E-state index contributed by atoms with van der Waals surface area (Å²) in [4.78, 5) is 12.7. The van der Waals surface area contributed by atoms with Gasteiger partial charge < -0.3 is 14.2 Å². The largest absolute Gasteiger partial charge is 0.748 e. The van der Waals surface area contributed by atoms with Crippen molar-refractivity contribution in [2.75, 3.05) is 31.1 Å². The topological polar surface area (TPSA) is 142 Å². The predicted octanol–water partition coefficient (Wildman–Crippen LogP) is -0.392. The molecular formula is C17H27NO8S2. The standard InChI is InChI=1S/C17H27NO8S2/c19-17(26-15-16-7-2-1-3-8-16)9-4-10-18(11-5-13-27(20,21)22)12-6-14-28(23,24)25/h1-3,7-8H,4-6,9-15H2,(H,20,21,22)(H,23,24,25). The summed E-state index contributed by atoms with van der Waals surface area (Å²) in [6.07, 6.45) is 0.982. The van der Waals surface area contributed by atoms with Gasteiger partial charge in [-0.25, -0.2) is 8.42 Å². The molecule has 2 N–H and O–H groups in total. The Hall–Kier alpha value is -1.53. The Morgan fingerprint density at radius 3 is 2.11 bits per heavy atom. The van der Waals surface area contributed by atoms with Crippen LogP contribution in [0.15, 0.2) is 30.3 Å². The zero-order chi connectivity index (χ0) is 21.0. The molecule has 0 saturated heterocycles. The van der Waals surface area contributed by atoms with Crippen LogP contribution in [0.1, 0.15) is 31.2 Å². The van der Waals surface area contributed by atoms with Gasteiger partial charge in [-0.1, -0.05) is 30.3 Å². The summed E-state index contributed by atoms with van der Waals surface area (Å²) >= 11 is 0. The van der Waals surface area contributed by atoms with Gasteiger partial charge in [0.25, 0.3) is 10.1 Å². The number of carbonyl (C=O) groups excluding carboxylic acids is 1. The zero-order valence-electron chi connectivity index (χ0n) is 15.6. The van der Waals surface area contributed by atoms with Crippen molar-refractivity contribution in [3.8, 4) is 0 Å². The normalized spacial score (nSPS) is 13.2. The van der Waals surface area contributed by atoms with Crippen molar-refractivity contribution in [1.82, 2.24) is 0 Å². The van der Waals surface area contributed by atoms with Gasteiger partial charge in [-0.2, -0.15) is 8.42 Å². The van der Waals surface area contributed by atoms with Crippen LogP contribution in [0.25, 0.3) is 0 Å². The van der Waals surface area contributed by atoms with E-state index in [2.05, 4.69) is 0 Å². The van der Waals surface area contributed by atoms with Gasteiger partial charge in [0.15, 0.2) is 0 Å². The second-order valence-electron chi connectivity index (χ2n) is 6.50. The molecule has 9 nitrogen and oxygen atoms in total. The molecule has 0 amide bonds. The molecule has 0 heterocycles. The van der Waals surface area contributed by atoms with Crippen molar-refractivity contribution in [2.24, 2.45) is 0 Å². The van der Waals surface area contributed by atoms with Crippen molar-refractivity contribution in [3.63, 3.8) is 0 Å². The fourth-order valence-corrected chi connectivity index (χ4v) is 3.68. The Morgan fingerprint density at radius 2 is 1.54 bits per heavy atom. The van der Waals surface area contributed by atoms with Gasteiger partial charge in [-0.15, -0.1) is 0 Å². The van der Waals surface area contributed by atoms with Crippen LogP contribution in [-0.2, 0) is 36.4 Å². The van der Waals surface area contributed by atoms with Crippen LogP contribution in [0, 0.1) is 0 Å². The maximum absolute atomic E-state index is 11.8. The Labute approximate surface area is 166 Å². The van der Waals surface area contributed by atoms with Crippen LogP contribution in [0.2, 0.25) is 0 Å². The van der Waals surface area contributed by atoms with Gasteiger partial charge in [0.05, 0.1) is 41.9 Å². The highest BCUT2D eigenvalue weighted by atomic mass is 32.2. The second-order valence-corrected chi connectivity index (χ2v) is 9.60. The van der Waals surface area contributed by atoms with Crippen LogP contribution in [0.5, 0.6) is 0 Å². The SMILES string of the molecule is O=C(CCC[NH+](CCCS(=O)(=O)[O-])CCCS(=O)(=O)O)OCc1ccccc1. The minimum absolute atomic E-state index is 0.144. The van der Waals surface area contributed by atoms with Gasteiger partial charge in [0, 0.05) is 25.0 Å². The van der Waals surface area contributed by atoms with Gasteiger partial charge in [0.1, 0.15) is 6.61 Å². The van der Waals surface area contributed by atoms with Crippen molar-refractivity contribution in [1.29, 1.82) is 0 Å². The van der Waals surface area contributed by atoms with Crippen molar-refractivity contribution >= 4 is 26.2 Å². The monoisotopic (exact) mass is 437 g/mol. The van der Waals surface area contributed by atoms with Crippen molar-refractivity contribution in [3.05, 3.63) is 35.9 Å². The Morgan fingerprint density at radius 1 is 0.964 bits per heavy atom. The number of benzene rings is 1. The fourth-order valence-electron chi connectivity index (χ4n) is 2.67. The van der Waals surface area contributed by atoms with E-state index in [0.29, 0.717) is 26.1 Å². The number of ether oxygens (including phenoxy) is 1. The second kappa shape index (κ2) is 12.1. The smallest absolute Gasteiger partial charge is 0.306 e. The van der Waals surface area contributed by atoms with Crippen LogP contribution in [-0.4, -0.2) is 63.1 Å². The molecule has 28 heavy (non-hydrogen) atoms. The first kappa shape index (κ1) is 24.5. The summed E-state index contributed by atoms with van der Waals surface area (Å²) < 4.78 is 67.7. The summed E-state index contributed by atoms with van der Waals surface area (Å²) in [5.41, 5.74) is 0.882. The van der Waals surface area contributed by atoms with E-state index in [9.17, 15) is 26.2 Å². The van der Waals surface area contributed by atoms with Crippen LogP contribution in [0.4, 0.5) is 0 Å². The fraction of sp³-hybridized carbons (Fsp3) is 0.588. The Kier molecular flexibility index (Phi) is 10.6. The van der Waals surface area contributed by atoms with E-state index < -0.39 is 31.7 Å². The average molecular weight is 438 g/mol. The lowest BCUT2D eigenvalue weighted by molar-refractivity contribution is -0.900. The lowest BCUT2D eigenvalue weighted by atomic mass is 10.2. The Bertz CT molecular complexity index is 756. The molecule has 0 aliphatic rings. The molecule has 0 aliphatic heterocycles. The number of hydrogen-bond acceptors (Lipinski definition) is 7. The van der Waals surface area contributed by atoms with Crippen molar-refractivity contribution in [2.45, 2.75) is 32.3 Å². The summed E-state index contributed by atoms with van der Waals surface area (Å²) in [7, 11) is -8.37. The lowest BCUT2D eigenvalue weighted by Gasteiger charge is -2.19. The van der Waals surface area contributed by atoms with Crippen molar-refractivity contribution < 1.29 is 40.4 Å². The molecule has 0 aromatic heterocycles. The first-order valence-corrected chi connectivity index (χ1v) is 12.2. The molecule has 1 rings (SSSR count). The van der Waals surface area contributed by atoms with E-state index in [1.807, 2.05) is 30.3 Å². The maximum atomic E-state index is 11.8. The molecule has 0 fully saturated rings. The highest BCUT2D eigenvalue weighted by Crippen LogP contribution is 2.02. The third kappa shape index (κ3) is 13.6. The quantitative estimate of drug-likeness (QED) is 0.296. The number of rotatable bonds is 14. The van der Waals surface area contributed by atoms with E-state index in [-0.39, 0.29) is 31.8 Å². The molecule has 0 aliphatic carbocycles. The molecule has 160 valence electrons. The molecule has 1 atom stereocenters. The molecule has 1 aromatic rings. The summed E-state index contributed by atoms with van der Waals surface area (Å²) in [5.74, 6) is -1.24. The van der Waals surface area contributed by atoms with E-state index >= 15 is 0 Å². The first-order chi connectivity index (χ1) is 13.1. The molecule has 0 radical (unpaired) electrons. The third-order valence-electron chi connectivity index (χ3n) is 4.01. The molecule has 11 heteroatoms. The number of nitrogens with one attached hydrogen (secondary N) is 1. The number of hydrogen-bond donors (Lipinski definition) is 2. The highest BCUT2D eigenvalue weighted by Gasteiger charge is 2.13. The van der Waals surface area contributed by atoms with Crippen LogP contribution >= 0.6 is 0 Å². The van der Waals surface area contributed by atoms with Gasteiger partial charge in [0.2, 0.25) is 0 Å². The predicted molar refractivity (Wildman–Crippen MR) is 101 cm³/mol. The molecule has 1 unspecified atom stereocenters. The zero-order valence-corrected chi connectivity index (χ0v) is 17.2. The maximum Gasteiger partial charge on any atom is 0.306 e. The average Bonchev–Trinajstić information content (AvgIpc) is 2.58. The first-order valence-electron chi connectivity index (χ1n) is 8.97. The van der Waals surface area contributed by atoms with E-state index in [1.54, 1.807) is 0 Å². The van der Waals surface area contributed by atoms with Crippen LogP contribution in [0.3, 0.4) is 0 Å². The third-order valence-corrected chi connectivity index (χ3v) is 5.60. The summed E-state index contributed by atoms with van der Waals surface area (Å²) in [6.45, 7) is 1.40. The molecule has 0 saturated carbocycles. The van der Waals surface area contributed by atoms with Gasteiger partial charge in [-0.05, 0) is 5.56 Å². The number of quaternary nitrogens is 1. The minimum atomic E-state index is -4.30. The van der Waals surface area contributed by atoms with Gasteiger partial charge >= 0.3 is 5.97 Å². The highest BCUT2D eigenvalue weighted by molar-refractivity contribution is 7.85. The Balaban J connectivity index is 2.37.